The monoisotopic (exact) mass is 1840 g/mol. The van der Waals surface area contributed by atoms with Crippen molar-refractivity contribution in [3.05, 3.63) is 350 Å². The first-order valence-corrected chi connectivity index (χ1v) is 42.2. The number of hydrogen-bond acceptors (Lipinski definition) is 13. The molecule has 8 N–H and O–H groups in total. The van der Waals surface area contributed by atoms with E-state index >= 15 is 0 Å². The lowest BCUT2D eigenvalue weighted by Crippen LogP contribution is -2.25. The molecule has 0 radical (unpaired) electrons. The Balaban J connectivity index is 0.000000139. The number of rotatable bonds is 17. The summed E-state index contributed by atoms with van der Waals surface area (Å²) in [6.07, 6.45) is 1.28. The van der Waals surface area contributed by atoms with E-state index in [-0.39, 0.29) is 109 Å². The number of primary amides is 1. The van der Waals surface area contributed by atoms with Crippen LogP contribution < -0.4 is 61.5 Å². The van der Waals surface area contributed by atoms with Gasteiger partial charge in [-0.2, -0.15) is 5.10 Å². The predicted molar refractivity (Wildman–Crippen MR) is 502 cm³/mol. The molecule has 12 aromatic carbocycles. The highest BCUT2D eigenvalue weighted by Crippen LogP contribution is 2.49. The second-order valence-electron chi connectivity index (χ2n) is 30.7. The summed E-state index contributed by atoms with van der Waals surface area (Å²) in [7, 11) is 1.82. The van der Waals surface area contributed by atoms with Gasteiger partial charge in [-0.3, -0.25) is 28.7 Å². The van der Waals surface area contributed by atoms with Crippen molar-refractivity contribution in [3.8, 4) is 46.0 Å². The van der Waals surface area contributed by atoms with Crippen molar-refractivity contribution < 1.29 is 51.7 Å². The van der Waals surface area contributed by atoms with Crippen LogP contribution in [0, 0.1) is 58.7 Å². The summed E-state index contributed by atoms with van der Waals surface area (Å²) < 4.78 is 53.5. The number of anilines is 7. The number of carbonyl (C=O) groups is 5. The van der Waals surface area contributed by atoms with Gasteiger partial charge in [-0.05, 0) is 187 Å². The van der Waals surface area contributed by atoms with Crippen LogP contribution in [0.2, 0.25) is 30.1 Å². The molecule has 23 nitrogen and oxygen atoms in total. The van der Waals surface area contributed by atoms with E-state index in [1.54, 1.807) is 128 Å². The maximum absolute atomic E-state index is 14.3. The Bertz CT molecular complexity index is 6680. The van der Waals surface area contributed by atoms with Gasteiger partial charge in [0.25, 0.3) is 0 Å². The zero-order valence-electron chi connectivity index (χ0n) is 69.2. The minimum atomic E-state index is -0.651. The third kappa shape index (κ3) is 20.1. The number of ether oxygens (including phenoxy) is 4. The molecule has 13 aromatic rings. The Morgan fingerprint density at radius 2 is 0.690 bits per heavy atom. The molecule has 0 unspecified atom stereocenters. The van der Waals surface area contributed by atoms with Crippen LogP contribution in [-0.4, -0.2) is 65.5 Å². The highest BCUT2D eigenvalue weighted by molar-refractivity contribution is 6.34. The van der Waals surface area contributed by atoms with E-state index < -0.39 is 17.5 Å². The number of carbonyl (C=O) groups excluding carboxylic acids is 5. The second kappa shape index (κ2) is 39.2. The Morgan fingerprint density at radius 1 is 0.388 bits per heavy atom. The van der Waals surface area contributed by atoms with Gasteiger partial charge >= 0.3 is 0 Å². The fourth-order valence-corrected chi connectivity index (χ4v) is 16.4. The number of fused-ring (bicyclic) bond motifs is 1. The van der Waals surface area contributed by atoms with Crippen LogP contribution >= 0.6 is 69.6 Å². The zero-order valence-corrected chi connectivity index (χ0v) is 73.8. The molecule has 4 aliphatic rings. The number of hydrogen-bond donors (Lipinski definition) is 4. The van der Waals surface area contributed by atoms with Crippen molar-refractivity contribution in [2.45, 2.75) is 70.1 Å². The summed E-state index contributed by atoms with van der Waals surface area (Å²) in [5.74, 6) is -0.452. The van der Waals surface area contributed by atoms with Gasteiger partial charge in [-0.15, -0.1) is 0 Å². The molecule has 4 aliphatic heterocycles. The summed E-state index contributed by atoms with van der Waals surface area (Å²) in [6.45, 7) is 36.7. The number of halogens is 8. The van der Waals surface area contributed by atoms with Crippen molar-refractivity contribution in [3.63, 3.8) is 0 Å². The minimum Gasteiger partial charge on any atom is -0.465 e. The Hall–Kier alpha value is -14.4. The molecule has 5 heterocycles. The molecule has 5 amide bonds. The van der Waals surface area contributed by atoms with Gasteiger partial charge in [0, 0.05) is 128 Å². The van der Waals surface area contributed by atoms with Crippen LogP contribution in [0.5, 0.6) is 46.0 Å². The standard InChI is InChI=1S/C25H19Cl2N3O3.C25H19ClFN5O2.C24H19Cl2N3O2.C24H19ClFN3O2/c1-14-6-8-17(12-18(14)25(28)32)30-13-16(11-23(30)31)15-7-9-19(26)22(10-15)33-24-20(27)4-3-5-21(24)29-2;1-29-20-5-3-4-19(27)24(20)34-22-10-14(6-8-18(22)26)15-11-23(33)32(13-15)16-7-9-21-17(12-16)25(28)30-31(21)2;2*1-14-6-8-17(12-20(14)27)29-13-16(11-23(29)30)15-7-9-18(25)22(10-15)31-24-19(26)4-3-5-21(24)28-2/h3-10,12,16H,11,13H2,1H3,(H2,28,32);3-10,12,15H,11,13H2,2H3,(H2,28,30);2*3-10,12,16H,11,13,27H2,1H3/t16-;15-;2*16-/m0000/s1. The molecule has 1 aromatic heterocycles. The quantitative estimate of drug-likeness (QED) is 0.0488. The number of nitrogens with two attached hydrogens (primary N) is 4. The maximum atomic E-state index is 14.3. The van der Waals surface area contributed by atoms with Gasteiger partial charge in [0.1, 0.15) is 23.0 Å². The normalized spacial score (nSPS) is 15.6. The van der Waals surface area contributed by atoms with Crippen LogP contribution in [0.4, 0.5) is 71.5 Å². The highest BCUT2D eigenvalue weighted by atomic mass is 35.5. The first-order valence-electron chi connectivity index (χ1n) is 40.0. The van der Waals surface area contributed by atoms with Crippen molar-refractivity contribution in [1.82, 2.24) is 9.78 Å². The molecule has 648 valence electrons. The zero-order chi connectivity index (χ0) is 91.9. The van der Waals surface area contributed by atoms with Crippen LogP contribution in [-0.2, 0) is 26.2 Å². The number of benzene rings is 12. The molecule has 4 fully saturated rings. The lowest BCUT2D eigenvalue weighted by Gasteiger charge is -2.19. The van der Waals surface area contributed by atoms with Gasteiger partial charge in [-0.25, -0.2) is 28.2 Å². The molecule has 31 heteroatoms. The fraction of sp³-hybridized carbons (Fsp3) is 0.163. The first-order chi connectivity index (χ1) is 61.9. The lowest BCUT2D eigenvalue weighted by atomic mass is 9.98. The Labute approximate surface area is 771 Å². The summed E-state index contributed by atoms with van der Waals surface area (Å²) in [4.78, 5) is 83.1. The van der Waals surface area contributed by atoms with Gasteiger partial charge in [-0.1, -0.05) is 161 Å². The number of nitrogen functional groups attached to an aromatic ring is 3. The van der Waals surface area contributed by atoms with E-state index in [2.05, 4.69) is 24.5 Å². The molecule has 0 spiro atoms. The third-order valence-electron chi connectivity index (χ3n) is 22.4. The van der Waals surface area contributed by atoms with Crippen molar-refractivity contribution in [1.29, 1.82) is 0 Å². The van der Waals surface area contributed by atoms with Crippen molar-refractivity contribution in [2.75, 3.05) is 63.0 Å². The topological polar surface area (TPSA) is 275 Å². The smallest absolute Gasteiger partial charge is 0.249 e. The Morgan fingerprint density at radius 3 is 1.02 bits per heavy atom. The molecule has 4 saturated heterocycles. The Kier molecular flexibility index (Phi) is 27.6. The molecule has 129 heavy (non-hydrogen) atoms. The first kappa shape index (κ1) is 90.9. The number of aromatic nitrogens is 2. The van der Waals surface area contributed by atoms with Crippen LogP contribution in [0.1, 0.15) is 98.7 Å². The average Bonchev–Trinajstić information content (AvgIpc) is 1.63. The summed E-state index contributed by atoms with van der Waals surface area (Å²) in [5, 5.41) is 6.97. The van der Waals surface area contributed by atoms with Crippen LogP contribution in [0.3, 0.4) is 0 Å². The van der Waals surface area contributed by atoms with Crippen molar-refractivity contribution in [2.24, 2.45) is 12.8 Å². The van der Waals surface area contributed by atoms with E-state index in [0.717, 1.165) is 66.9 Å². The average molecular weight is 1840 g/mol. The number of para-hydroxylation sites is 4. The molecule has 17 rings (SSSR count). The summed E-state index contributed by atoms with van der Waals surface area (Å²) in [5.41, 5.74) is 35.8. The van der Waals surface area contributed by atoms with Gasteiger partial charge in [0.15, 0.2) is 40.5 Å². The molecule has 0 aliphatic carbocycles. The number of aryl methyl sites for hydroxylation is 4. The SMILES string of the molecule is [C-]#[N+]c1cccc(Cl)c1Oc1cc([C@H]2CC(=O)N(c3ccc(C)c(C(N)=O)c3)C2)ccc1Cl.[C-]#[N+]c1cccc(Cl)c1Oc1cc([C@H]2CC(=O)N(c3ccc(C)c(N)c3)C2)ccc1Cl.[C-]#[N+]c1cccc(F)c1Oc1cc([C@H]2CC(=O)N(c3ccc(C)c(N)c3)C2)ccc1Cl.[C-]#[N+]c1cccc(F)c1Oc1cc([C@H]2CC(=O)N(c3ccc4c(c3)c(N)nn4C)C2)ccc1Cl. The fourth-order valence-electron chi connectivity index (χ4n) is 15.4. The second-order valence-corrected chi connectivity index (χ2v) is 33.2. The number of nitrogens with zero attached hydrogens (tertiary/aromatic N) is 10. The van der Waals surface area contributed by atoms with Crippen molar-refractivity contribution >= 4 is 173 Å². The third-order valence-corrected chi connectivity index (χ3v) is 24.3. The molecule has 4 atom stereocenters. The van der Waals surface area contributed by atoms with E-state index in [1.165, 1.54) is 36.4 Å². The van der Waals surface area contributed by atoms with Crippen LogP contribution in [0.25, 0.3) is 30.3 Å². The van der Waals surface area contributed by atoms with Gasteiger partial charge in [0.05, 0.1) is 61.9 Å². The van der Waals surface area contributed by atoms with E-state index in [1.807, 2.05) is 106 Å². The highest BCUT2D eigenvalue weighted by Gasteiger charge is 2.38. The molecule has 0 saturated carbocycles. The largest absolute Gasteiger partial charge is 0.465 e. The van der Waals surface area contributed by atoms with Gasteiger partial charge in [0.2, 0.25) is 52.3 Å². The van der Waals surface area contributed by atoms with Gasteiger partial charge < -0.3 is 61.5 Å². The summed E-state index contributed by atoms with van der Waals surface area (Å²) in [6, 6.07) is 61.4. The molecular weight excluding hydrogens is 1770 g/mol. The lowest BCUT2D eigenvalue weighted by molar-refractivity contribution is -0.118. The maximum Gasteiger partial charge on any atom is 0.249 e. The van der Waals surface area contributed by atoms with E-state index in [0.29, 0.717) is 118 Å². The predicted octanol–water partition coefficient (Wildman–Crippen LogP) is 25.1. The number of amides is 5. The van der Waals surface area contributed by atoms with E-state index in [9.17, 15) is 32.8 Å². The summed E-state index contributed by atoms with van der Waals surface area (Å²) >= 11 is 37.7. The minimum absolute atomic E-state index is 0.00457. The van der Waals surface area contributed by atoms with Crippen LogP contribution in [0.15, 0.2) is 218 Å². The van der Waals surface area contributed by atoms with E-state index in [4.69, 9.17) is 138 Å². The molecular formula is C98H76Cl6F2N14O9. The molecule has 0 bridgehead atoms.